The van der Waals surface area contributed by atoms with E-state index in [9.17, 15) is 18.8 Å². The van der Waals surface area contributed by atoms with E-state index in [1.165, 1.54) is 12.3 Å². The standard InChI is InChI=1S/C26H30ClFN4O2.C4H4O4/c1-2-34-17-16-31-14-12-30(13-15-31)10-5-11-32-24-9-8-20(27)18-22(24)26(29-19-25(32)33)21-6-3-4-7-23(21)28;5-3(6)1-2-4(7)8/h2-4,6-9,18H,1,5,10-17,19H2;1-2H,(H,5,6)(H,7,8)/b;2-1-. The average molecular weight is 601 g/mol. The van der Waals surface area contributed by atoms with Gasteiger partial charge in [0.25, 0.3) is 0 Å². The van der Waals surface area contributed by atoms with E-state index < -0.39 is 11.9 Å². The second-order valence-corrected chi connectivity index (χ2v) is 9.87. The summed E-state index contributed by atoms with van der Waals surface area (Å²) in [5.74, 6) is -2.98. The zero-order valence-corrected chi connectivity index (χ0v) is 23.9. The third-order valence-electron chi connectivity index (χ3n) is 6.64. The first-order chi connectivity index (χ1) is 20.2. The van der Waals surface area contributed by atoms with Gasteiger partial charge in [0.15, 0.2) is 0 Å². The summed E-state index contributed by atoms with van der Waals surface area (Å²) in [7, 11) is 0. The van der Waals surface area contributed by atoms with Crippen LogP contribution in [0.25, 0.3) is 0 Å². The van der Waals surface area contributed by atoms with Crippen molar-refractivity contribution < 1.29 is 33.7 Å². The maximum absolute atomic E-state index is 14.6. The number of carboxylic acids is 2. The Morgan fingerprint density at radius 3 is 2.24 bits per heavy atom. The first-order valence-electron chi connectivity index (χ1n) is 13.4. The number of aliphatic imine (C=N–C) groups is 1. The lowest BCUT2D eigenvalue weighted by Gasteiger charge is -2.35. The fourth-order valence-electron chi connectivity index (χ4n) is 4.61. The van der Waals surface area contributed by atoms with E-state index in [4.69, 9.17) is 26.6 Å². The Bertz CT molecular complexity index is 1310. The Morgan fingerprint density at radius 1 is 0.976 bits per heavy atom. The number of fused-ring (bicyclic) bond motifs is 1. The second kappa shape index (κ2) is 16.4. The number of hydrogen-bond donors (Lipinski definition) is 2. The van der Waals surface area contributed by atoms with Crippen molar-refractivity contribution in [1.29, 1.82) is 0 Å². The van der Waals surface area contributed by atoms with Crippen LogP contribution in [0.2, 0.25) is 5.02 Å². The van der Waals surface area contributed by atoms with Gasteiger partial charge in [-0.1, -0.05) is 30.3 Å². The van der Waals surface area contributed by atoms with E-state index in [1.807, 2.05) is 6.07 Å². The fraction of sp³-hybridized carbons (Fsp3) is 0.333. The van der Waals surface area contributed by atoms with Gasteiger partial charge in [-0.05, 0) is 43.3 Å². The van der Waals surface area contributed by atoms with Crippen LogP contribution in [0.1, 0.15) is 17.5 Å². The van der Waals surface area contributed by atoms with Crippen molar-refractivity contribution in [2.75, 3.05) is 63.9 Å². The maximum atomic E-state index is 14.6. The number of nitrogens with zero attached hydrogens (tertiary/aromatic N) is 4. The quantitative estimate of drug-likeness (QED) is 0.228. The van der Waals surface area contributed by atoms with Crippen LogP contribution < -0.4 is 4.90 Å². The van der Waals surface area contributed by atoms with Crippen LogP contribution in [-0.2, 0) is 19.1 Å². The van der Waals surface area contributed by atoms with Gasteiger partial charge >= 0.3 is 11.9 Å². The molecule has 0 spiro atoms. The molecule has 1 fully saturated rings. The summed E-state index contributed by atoms with van der Waals surface area (Å²) in [6, 6.07) is 11.9. The summed E-state index contributed by atoms with van der Waals surface area (Å²) in [5.41, 5.74) is 2.24. The molecule has 10 nitrogen and oxygen atoms in total. The maximum Gasteiger partial charge on any atom is 0.328 e. The second-order valence-electron chi connectivity index (χ2n) is 9.44. The van der Waals surface area contributed by atoms with E-state index in [-0.39, 0.29) is 18.3 Å². The van der Waals surface area contributed by atoms with Gasteiger partial charge in [-0.2, -0.15) is 0 Å². The van der Waals surface area contributed by atoms with Crippen LogP contribution in [0, 0.1) is 5.82 Å². The SMILES string of the molecule is C=COCCN1CCN(CCCN2C(=O)CN=C(c3ccccc3F)c3cc(Cl)ccc32)CC1.O=C(O)/C=C\C(=O)O. The molecule has 2 N–H and O–H groups in total. The molecule has 2 aromatic carbocycles. The Kier molecular flexibility index (Phi) is 12.7. The summed E-state index contributed by atoms with van der Waals surface area (Å²) >= 11 is 6.29. The van der Waals surface area contributed by atoms with Gasteiger partial charge in [-0.3, -0.25) is 14.7 Å². The molecule has 0 aliphatic carbocycles. The van der Waals surface area contributed by atoms with Crippen molar-refractivity contribution in [3.63, 3.8) is 0 Å². The zero-order valence-electron chi connectivity index (χ0n) is 23.1. The highest BCUT2D eigenvalue weighted by Gasteiger charge is 2.26. The van der Waals surface area contributed by atoms with Gasteiger partial charge in [0, 0.05) is 67.6 Å². The molecular weight excluding hydrogens is 567 g/mol. The van der Waals surface area contributed by atoms with Gasteiger partial charge in [0.2, 0.25) is 5.91 Å². The number of piperazine rings is 1. The number of anilines is 1. The lowest BCUT2D eigenvalue weighted by Crippen LogP contribution is -2.47. The molecule has 0 bridgehead atoms. The predicted molar refractivity (Wildman–Crippen MR) is 159 cm³/mol. The predicted octanol–water partition coefficient (Wildman–Crippen LogP) is 3.54. The van der Waals surface area contributed by atoms with Gasteiger partial charge in [-0.15, -0.1) is 0 Å². The van der Waals surface area contributed by atoms with E-state index in [0.717, 1.165) is 51.4 Å². The molecular formula is C30H34ClFN4O6. The van der Waals surface area contributed by atoms with Gasteiger partial charge in [0.05, 0.1) is 24.3 Å². The van der Waals surface area contributed by atoms with Crippen LogP contribution in [0.3, 0.4) is 0 Å². The topological polar surface area (TPSA) is 123 Å². The number of carboxylic acid groups (broad SMARTS) is 2. The number of carbonyl (C=O) groups is 3. The van der Waals surface area contributed by atoms with Crippen LogP contribution >= 0.6 is 11.6 Å². The van der Waals surface area contributed by atoms with Crippen molar-refractivity contribution in [3.05, 3.63) is 89.4 Å². The lowest BCUT2D eigenvalue weighted by molar-refractivity contribution is -0.134. The van der Waals surface area contributed by atoms with Crippen molar-refractivity contribution in [3.8, 4) is 0 Å². The molecule has 4 rings (SSSR count). The number of ether oxygens (including phenoxy) is 1. The van der Waals surface area contributed by atoms with Crippen molar-refractivity contribution >= 4 is 40.8 Å². The first kappa shape index (κ1) is 32.5. The molecule has 1 amide bonds. The van der Waals surface area contributed by atoms with E-state index in [2.05, 4.69) is 21.4 Å². The molecule has 2 aliphatic rings. The Balaban J connectivity index is 0.000000531. The smallest absolute Gasteiger partial charge is 0.328 e. The van der Waals surface area contributed by atoms with E-state index in [0.29, 0.717) is 47.2 Å². The summed E-state index contributed by atoms with van der Waals surface area (Å²) in [5, 5.41) is 16.1. The van der Waals surface area contributed by atoms with Crippen LogP contribution in [-0.4, -0.2) is 103 Å². The fourth-order valence-corrected chi connectivity index (χ4v) is 4.78. The number of hydrogen-bond acceptors (Lipinski definition) is 7. The highest BCUT2D eigenvalue weighted by molar-refractivity contribution is 6.32. The number of aliphatic carboxylic acids is 2. The summed E-state index contributed by atoms with van der Waals surface area (Å²) in [6.45, 7) is 10.6. The summed E-state index contributed by atoms with van der Waals surface area (Å²) in [4.78, 5) is 43.2. The van der Waals surface area contributed by atoms with E-state index >= 15 is 0 Å². The normalized spacial score (nSPS) is 15.7. The van der Waals surface area contributed by atoms with Gasteiger partial charge in [0.1, 0.15) is 12.4 Å². The number of benzene rings is 2. The number of halogens is 2. The van der Waals surface area contributed by atoms with Crippen molar-refractivity contribution in [2.45, 2.75) is 6.42 Å². The highest BCUT2D eigenvalue weighted by atomic mass is 35.5. The monoisotopic (exact) mass is 600 g/mol. The molecule has 42 heavy (non-hydrogen) atoms. The van der Waals surface area contributed by atoms with Crippen LogP contribution in [0.15, 0.2) is 72.5 Å². The molecule has 2 aliphatic heterocycles. The minimum Gasteiger partial charge on any atom is -0.500 e. The molecule has 2 aromatic rings. The summed E-state index contributed by atoms with van der Waals surface area (Å²) in [6.07, 6.45) is 3.43. The number of benzodiazepines with no additional fused rings is 1. The van der Waals surface area contributed by atoms with Crippen molar-refractivity contribution in [2.24, 2.45) is 4.99 Å². The molecule has 12 heteroatoms. The minimum absolute atomic E-state index is 0.0264. The molecule has 0 saturated carbocycles. The Labute approximate surface area is 249 Å². The Hall–Kier alpha value is -4.06. The molecule has 224 valence electrons. The third-order valence-corrected chi connectivity index (χ3v) is 6.87. The minimum atomic E-state index is -1.26. The highest BCUT2D eigenvalue weighted by Crippen LogP contribution is 2.30. The average Bonchev–Trinajstić information content (AvgIpc) is 3.09. The lowest BCUT2D eigenvalue weighted by atomic mass is 9.99. The number of carbonyl (C=O) groups excluding carboxylic acids is 1. The van der Waals surface area contributed by atoms with Crippen LogP contribution in [0.5, 0.6) is 0 Å². The summed E-state index contributed by atoms with van der Waals surface area (Å²) < 4.78 is 19.8. The molecule has 1 saturated heterocycles. The molecule has 0 aromatic heterocycles. The van der Waals surface area contributed by atoms with E-state index in [1.54, 1.807) is 35.2 Å². The molecule has 0 unspecified atom stereocenters. The van der Waals surface area contributed by atoms with Crippen molar-refractivity contribution in [1.82, 2.24) is 9.80 Å². The third kappa shape index (κ3) is 9.79. The molecule has 0 radical (unpaired) electrons. The van der Waals surface area contributed by atoms with Gasteiger partial charge in [-0.25, -0.2) is 14.0 Å². The first-order valence-corrected chi connectivity index (χ1v) is 13.8. The number of amides is 1. The largest absolute Gasteiger partial charge is 0.500 e. The number of rotatable bonds is 11. The molecule has 2 heterocycles. The van der Waals surface area contributed by atoms with Crippen LogP contribution in [0.4, 0.5) is 10.1 Å². The van der Waals surface area contributed by atoms with Gasteiger partial charge < -0.3 is 24.7 Å². The molecule has 0 atom stereocenters. The Morgan fingerprint density at radius 2 is 1.62 bits per heavy atom. The zero-order chi connectivity index (χ0) is 30.5.